The standard InChI is InChI=1S/C16H12ClN5OS/c1-10-4-6-19-16(21-10)24-15-13(17)7-11(8-20-15)14(23)22-12-3-2-5-18-9-12/h2-9H,1H3,(H,22,23). The summed E-state index contributed by atoms with van der Waals surface area (Å²) in [6.07, 6.45) is 6.34. The minimum absolute atomic E-state index is 0.305. The minimum atomic E-state index is -0.305. The Labute approximate surface area is 147 Å². The minimum Gasteiger partial charge on any atom is -0.321 e. The van der Waals surface area contributed by atoms with Crippen LogP contribution in [0.5, 0.6) is 0 Å². The summed E-state index contributed by atoms with van der Waals surface area (Å²) in [5.74, 6) is -0.305. The molecule has 0 unspecified atom stereocenters. The van der Waals surface area contributed by atoms with Crippen molar-refractivity contribution in [3.63, 3.8) is 0 Å². The molecule has 0 aliphatic rings. The second-order valence-electron chi connectivity index (χ2n) is 4.79. The second-order valence-corrected chi connectivity index (χ2v) is 6.15. The number of nitrogens with one attached hydrogen (secondary N) is 1. The fraction of sp³-hybridized carbons (Fsp3) is 0.0625. The second kappa shape index (κ2) is 7.37. The molecule has 1 amide bonds. The van der Waals surface area contributed by atoms with Gasteiger partial charge in [0.1, 0.15) is 5.03 Å². The lowest BCUT2D eigenvalue weighted by Gasteiger charge is -2.07. The molecule has 120 valence electrons. The highest BCUT2D eigenvalue weighted by atomic mass is 35.5. The summed E-state index contributed by atoms with van der Waals surface area (Å²) in [7, 11) is 0. The predicted molar refractivity (Wildman–Crippen MR) is 92.3 cm³/mol. The maximum atomic E-state index is 12.2. The van der Waals surface area contributed by atoms with Gasteiger partial charge in [-0.2, -0.15) is 0 Å². The van der Waals surface area contributed by atoms with E-state index in [1.165, 1.54) is 18.0 Å². The van der Waals surface area contributed by atoms with Crippen molar-refractivity contribution in [2.45, 2.75) is 17.1 Å². The van der Waals surface area contributed by atoms with E-state index in [4.69, 9.17) is 11.6 Å². The van der Waals surface area contributed by atoms with Crippen LogP contribution in [0, 0.1) is 6.92 Å². The van der Waals surface area contributed by atoms with Gasteiger partial charge in [0.2, 0.25) is 0 Å². The Kier molecular flexibility index (Phi) is 5.02. The summed E-state index contributed by atoms with van der Waals surface area (Å²) in [4.78, 5) is 28.8. The van der Waals surface area contributed by atoms with Crippen LogP contribution in [0.2, 0.25) is 5.02 Å². The molecule has 0 aliphatic heterocycles. The average Bonchev–Trinajstić information content (AvgIpc) is 2.57. The third kappa shape index (κ3) is 4.06. The summed E-state index contributed by atoms with van der Waals surface area (Å²) >= 11 is 7.48. The SMILES string of the molecule is Cc1ccnc(Sc2ncc(C(=O)Nc3cccnc3)cc2Cl)n1. The Morgan fingerprint density at radius 2 is 2.08 bits per heavy atom. The number of pyridine rings is 2. The van der Waals surface area contributed by atoms with Crippen molar-refractivity contribution in [2.24, 2.45) is 0 Å². The first-order valence-electron chi connectivity index (χ1n) is 6.96. The van der Waals surface area contributed by atoms with Crippen LogP contribution in [0.1, 0.15) is 16.1 Å². The molecule has 3 rings (SSSR count). The van der Waals surface area contributed by atoms with Gasteiger partial charge in [0, 0.05) is 24.3 Å². The van der Waals surface area contributed by atoms with Gasteiger partial charge >= 0.3 is 0 Å². The molecular formula is C16H12ClN5OS. The lowest BCUT2D eigenvalue weighted by atomic mass is 10.2. The van der Waals surface area contributed by atoms with Crippen LogP contribution in [-0.2, 0) is 0 Å². The summed E-state index contributed by atoms with van der Waals surface area (Å²) in [6, 6.07) is 6.87. The summed E-state index contributed by atoms with van der Waals surface area (Å²) in [6.45, 7) is 1.88. The lowest BCUT2D eigenvalue weighted by molar-refractivity contribution is 0.102. The summed E-state index contributed by atoms with van der Waals surface area (Å²) < 4.78 is 0. The first kappa shape index (κ1) is 16.4. The third-order valence-corrected chi connectivity index (χ3v) is 4.25. The van der Waals surface area contributed by atoms with E-state index in [0.29, 0.717) is 26.5 Å². The molecule has 0 aliphatic carbocycles. The van der Waals surface area contributed by atoms with Crippen molar-refractivity contribution < 1.29 is 4.79 Å². The zero-order valence-corrected chi connectivity index (χ0v) is 14.2. The van der Waals surface area contributed by atoms with Crippen molar-refractivity contribution in [1.29, 1.82) is 0 Å². The maximum Gasteiger partial charge on any atom is 0.257 e. The van der Waals surface area contributed by atoms with Crippen molar-refractivity contribution in [1.82, 2.24) is 19.9 Å². The van der Waals surface area contributed by atoms with Crippen LogP contribution in [0.15, 0.2) is 59.2 Å². The smallest absolute Gasteiger partial charge is 0.257 e. The number of aromatic nitrogens is 4. The van der Waals surface area contributed by atoms with E-state index >= 15 is 0 Å². The molecule has 0 saturated carbocycles. The number of carbonyl (C=O) groups is 1. The first-order valence-corrected chi connectivity index (χ1v) is 8.16. The number of aryl methyl sites for hydroxylation is 1. The van der Waals surface area contributed by atoms with Crippen LogP contribution >= 0.6 is 23.4 Å². The van der Waals surface area contributed by atoms with Gasteiger partial charge in [0.25, 0.3) is 5.91 Å². The van der Waals surface area contributed by atoms with Crippen molar-refractivity contribution in [3.05, 3.63) is 65.3 Å². The van der Waals surface area contributed by atoms with Crippen LogP contribution in [0.3, 0.4) is 0 Å². The maximum absolute atomic E-state index is 12.2. The summed E-state index contributed by atoms with van der Waals surface area (Å²) in [5.41, 5.74) is 1.82. The molecule has 0 radical (unpaired) electrons. The van der Waals surface area contributed by atoms with Gasteiger partial charge in [-0.3, -0.25) is 9.78 Å². The highest BCUT2D eigenvalue weighted by Crippen LogP contribution is 2.29. The topological polar surface area (TPSA) is 80.7 Å². The number of carbonyl (C=O) groups excluding carboxylic acids is 1. The molecule has 3 aromatic heterocycles. The number of halogens is 1. The Bertz CT molecular complexity index is 875. The molecule has 0 fully saturated rings. The summed E-state index contributed by atoms with van der Waals surface area (Å²) in [5, 5.41) is 4.19. The molecule has 0 atom stereocenters. The van der Waals surface area contributed by atoms with Gasteiger partial charge in [0.05, 0.1) is 22.5 Å². The number of hydrogen-bond donors (Lipinski definition) is 1. The van der Waals surface area contributed by atoms with Crippen molar-refractivity contribution >= 4 is 35.0 Å². The van der Waals surface area contributed by atoms with Crippen molar-refractivity contribution in [3.8, 4) is 0 Å². The van der Waals surface area contributed by atoms with Crippen LogP contribution in [0.25, 0.3) is 0 Å². The molecule has 8 heteroatoms. The molecule has 3 aromatic rings. The normalized spacial score (nSPS) is 10.4. The highest BCUT2D eigenvalue weighted by molar-refractivity contribution is 7.99. The number of hydrogen-bond acceptors (Lipinski definition) is 6. The van der Waals surface area contributed by atoms with E-state index in [1.54, 1.807) is 36.8 Å². The molecule has 24 heavy (non-hydrogen) atoms. The highest BCUT2D eigenvalue weighted by Gasteiger charge is 2.12. The molecule has 3 heterocycles. The zero-order valence-electron chi connectivity index (χ0n) is 12.6. The molecular weight excluding hydrogens is 346 g/mol. The molecule has 0 spiro atoms. The average molecular weight is 358 g/mol. The van der Waals surface area contributed by atoms with E-state index in [1.807, 2.05) is 13.0 Å². The molecule has 1 N–H and O–H groups in total. The van der Waals surface area contributed by atoms with E-state index in [0.717, 1.165) is 5.69 Å². The number of amides is 1. The largest absolute Gasteiger partial charge is 0.321 e. The van der Waals surface area contributed by atoms with Crippen molar-refractivity contribution in [2.75, 3.05) is 5.32 Å². The van der Waals surface area contributed by atoms with Gasteiger partial charge in [-0.05, 0) is 43.0 Å². The Hall–Kier alpha value is -2.51. The Balaban J connectivity index is 1.76. The van der Waals surface area contributed by atoms with Crippen LogP contribution in [-0.4, -0.2) is 25.8 Å². The molecule has 0 aromatic carbocycles. The monoisotopic (exact) mass is 357 g/mol. The van der Waals surface area contributed by atoms with Crippen LogP contribution in [0.4, 0.5) is 5.69 Å². The van der Waals surface area contributed by atoms with Gasteiger partial charge in [0.15, 0.2) is 5.16 Å². The Morgan fingerprint density at radius 1 is 1.21 bits per heavy atom. The molecule has 0 bridgehead atoms. The quantitative estimate of drug-likeness (QED) is 0.718. The van der Waals surface area contributed by atoms with Gasteiger partial charge < -0.3 is 5.32 Å². The van der Waals surface area contributed by atoms with Gasteiger partial charge in [-0.1, -0.05) is 11.6 Å². The fourth-order valence-corrected chi connectivity index (χ4v) is 2.85. The van der Waals surface area contributed by atoms with E-state index in [-0.39, 0.29) is 5.91 Å². The van der Waals surface area contributed by atoms with Crippen LogP contribution < -0.4 is 5.32 Å². The number of anilines is 1. The molecule has 0 saturated heterocycles. The van der Waals surface area contributed by atoms with E-state index in [2.05, 4.69) is 25.3 Å². The molecule has 6 nitrogen and oxygen atoms in total. The van der Waals surface area contributed by atoms with Gasteiger partial charge in [-0.15, -0.1) is 0 Å². The fourth-order valence-electron chi connectivity index (χ4n) is 1.83. The third-order valence-electron chi connectivity index (χ3n) is 2.95. The predicted octanol–water partition coefficient (Wildman–Crippen LogP) is 3.63. The lowest BCUT2D eigenvalue weighted by Crippen LogP contribution is -2.12. The van der Waals surface area contributed by atoms with E-state index < -0.39 is 0 Å². The Morgan fingerprint density at radius 3 is 2.79 bits per heavy atom. The number of rotatable bonds is 4. The van der Waals surface area contributed by atoms with E-state index in [9.17, 15) is 4.79 Å². The number of nitrogens with zero attached hydrogens (tertiary/aromatic N) is 4. The first-order chi connectivity index (χ1) is 11.6. The van der Waals surface area contributed by atoms with Gasteiger partial charge in [-0.25, -0.2) is 15.0 Å². The zero-order chi connectivity index (χ0) is 16.9.